The number of benzene rings is 2. The van der Waals surface area contributed by atoms with Gasteiger partial charge in [0.05, 0.1) is 0 Å². The molecule has 2 aromatic rings. The number of aryl methyl sites for hydroxylation is 1. The van der Waals surface area contributed by atoms with Crippen LogP contribution in [0, 0.1) is 34.6 Å². The van der Waals surface area contributed by atoms with E-state index in [0.717, 1.165) is 16.7 Å². The summed E-state index contributed by atoms with van der Waals surface area (Å²) in [5.41, 5.74) is 4.22. The van der Waals surface area contributed by atoms with Crippen molar-refractivity contribution in [1.82, 2.24) is 0 Å². The third kappa shape index (κ3) is 1.75. The molecule has 0 spiro atoms. The first-order chi connectivity index (χ1) is 9.82. The predicted octanol–water partition coefficient (Wildman–Crippen LogP) is 4.54. The molecule has 110 valence electrons. The Hall–Kier alpha value is -2.36. The van der Waals surface area contributed by atoms with Crippen LogP contribution in [-0.4, -0.2) is 10.2 Å². The molecule has 2 aromatic carbocycles. The number of phenolic OH excluding ortho intramolecular Hbond substituents is 2. The smallest absolute Gasteiger partial charge is 0.177 e. The highest BCUT2D eigenvalue weighted by Crippen LogP contribution is 2.55. The van der Waals surface area contributed by atoms with Gasteiger partial charge in [0.25, 0.3) is 0 Å². The molecule has 3 rings (SSSR count). The summed E-state index contributed by atoms with van der Waals surface area (Å²) in [4.78, 5) is 0. The van der Waals surface area contributed by atoms with Crippen molar-refractivity contribution in [3.05, 3.63) is 33.9 Å². The highest BCUT2D eigenvalue weighted by Gasteiger charge is 2.29. The molecule has 1 aliphatic rings. The van der Waals surface area contributed by atoms with Crippen molar-refractivity contribution in [3.8, 4) is 34.5 Å². The van der Waals surface area contributed by atoms with Crippen LogP contribution in [0.2, 0.25) is 0 Å². The van der Waals surface area contributed by atoms with Crippen LogP contribution in [0.25, 0.3) is 0 Å². The van der Waals surface area contributed by atoms with E-state index < -0.39 is 0 Å². The quantitative estimate of drug-likeness (QED) is 0.596. The number of rotatable bonds is 0. The molecule has 0 amide bonds. The normalized spacial score (nSPS) is 12.2. The van der Waals surface area contributed by atoms with Crippen molar-refractivity contribution in [2.75, 3.05) is 0 Å². The molecule has 4 nitrogen and oxygen atoms in total. The molecule has 0 fully saturated rings. The molecule has 0 bridgehead atoms. The molecule has 21 heavy (non-hydrogen) atoms. The van der Waals surface area contributed by atoms with Crippen molar-refractivity contribution in [2.45, 2.75) is 34.6 Å². The van der Waals surface area contributed by atoms with Crippen molar-refractivity contribution in [2.24, 2.45) is 0 Å². The number of fused-ring (bicyclic) bond motifs is 2. The Kier molecular flexibility index (Phi) is 2.80. The Morgan fingerprint density at radius 2 is 1.19 bits per heavy atom. The maximum absolute atomic E-state index is 9.97. The van der Waals surface area contributed by atoms with E-state index in [4.69, 9.17) is 9.47 Å². The van der Waals surface area contributed by atoms with Crippen LogP contribution in [-0.2, 0) is 0 Å². The minimum Gasteiger partial charge on any atom is -0.504 e. The van der Waals surface area contributed by atoms with Gasteiger partial charge in [-0.2, -0.15) is 0 Å². The summed E-state index contributed by atoms with van der Waals surface area (Å²) in [5, 5.41) is 19.9. The molecule has 1 aliphatic heterocycles. The maximum atomic E-state index is 9.97. The highest BCUT2D eigenvalue weighted by atomic mass is 16.6. The first kappa shape index (κ1) is 13.6. The van der Waals surface area contributed by atoms with Crippen LogP contribution in [0.15, 0.2) is 6.07 Å². The second-order valence-corrected chi connectivity index (χ2v) is 5.58. The molecule has 0 saturated heterocycles. The topological polar surface area (TPSA) is 58.9 Å². The van der Waals surface area contributed by atoms with Gasteiger partial charge in [0.2, 0.25) is 0 Å². The van der Waals surface area contributed by atoms with Gasteiger partial charge in [-0.25, -0.2) is 0 Å². The monoisotopic (exact) mass is 286 g/mol. The second kappa shape index (κ2) is 4.32. The van der Waals surface area contributed by atoms with E-state index in [1.165, 1.54) is 0 Å². The van der Waals surface area contributed by atoms with Gasteiger partial charge in [-0.05, 0) is 57.4 Å². The fraction of sp³-hybridized carbons (Fsp3) is 0.294. The van der Waals surface area contributed by atoms with E-state index in [0.29, 0.717) is 34.1 Å². The summed E-state index contributed by atoms with van der Waals surface area (Å²) < 4.78 is 11.9. The molecule has 0 aliphatic carbocycles. The van der Waals surface area contributed by atoms with Gasteiger partial charge < -0.3 is 19.7 Å². The van der Waals surface area contributed by atoms with Crippen LogP contribution in [0.3, 0.4) is 0 Å². The summed E-state index contributed by atoms with van der Waals surface area (Å²) in [6.07, 6.45) is 0. The lowest BCUT2D eigenvalue weighted by Crippen LogP contribution is -2.06. The molecule has 0 aromatic heterocycles. The summed E-state index contributed by atoms with van der Waals surface area (Å²) in [6.45, 7) is 9.43. The molecule has 0 saturated carbocycles. The van der Waals surface area contributed by atoms with E-state index in [-0.39, 0.29) is 11.5 Å². The molecule has 4 heteroatoms. The van der Waals surface area contributed by atoms with Gasteiger partial charge in [-0.15, -0.1) is 0 Å². The lowest BCUT2D eigenvalue weighted by atomic mass is 10.0. The van der Waals surface area contributed by atoms with Crippen LogP contribution in [0.4, 0.5) is 0 Å². The highest BCUT2D eigenvalue weighted by molar-refractivity contribution is 5.70. The van der Waals surface area contributed by atoms with Crippen LogP contribution < -0.4 is 9.47 Å². The largest absolute Gasteiger partial charge is 0.504 e. The van der Waals surface area contributed by atoms with E-state index in [2.05, 4.69) is 0 Å². The molecule has 0 unspecified atom stereocenters. The van der Waals surface area contributed by atoms with Crippen LogP contribution in [0.5, 0.6) is 34.5 Å². The van der Waals surface area contributed by atoms with Crippen molar-refractivity contribution < 1.29 is 19.7 Å². The molecular formula is C17H18O4. The SMILES string of the molecule is Cc1cc2c(c(C)c1C)Oc1c(C)c(O)c(O)c(C)c1O2. The number of hydrogen-bond donors (Lipinski definition) is 2. The number of hydrogen-bond acceptors (Lipinski definition) is 4. The van der Waals surface area contributed by atoms with Gasteiger partial charge in [0.1, 0.15) is 0 Å². The minimum atomic E-state index is -0.168. The van der Waals surface area contributed by atoms with E-state index in [1.54, 1.807) is 13.8 Å². The Morgan fingerprint density at radius 1 is 0.667 bits per heavy atom. The number of phenols is 2. The Morgan fingerprint density at radius 3 is 1.76 bits per heavy atom. The fourth-order valence-electron chi connectivity index (χ4n) is 2.59. The molecular weight excluding hydrogens is 268 g/mol. The van der Waals surface area contributed by atoms with Crippen molar-refractivity contribution in [3.63, 3.8) is 0 Å². The first-order valence-electron chi connectivity index (χ1n) is 6.84. The zero-order valence-electron chi connectivity index (χ0n) is 12.8. The van der Waals surface area contributed by atoms with Gasteiger partial charge in [0, 0.05) is 11.1 Å². The van der Waals surface area contributed by atoms with Gasteiger partial charge in [-0.1, -0.05) is 0 Å². The Bertz CT molecular complexity index is 776. The summed E-state index contributed by atoms with van der Waals surface area (Å²) in [7, 11) is 0. The third-order valence-corrected chi connectivity index (χ3v) is 4.30. The van der Waals surface area contributed by atoms with Gasteiger partial charge >= 0.3 is 0 Å². The summed E-state index contributed by atoms with van der Waals surface area (Å²) in [6, 6.07) is 1.93. The van der Waals surface area contributed by atoms with Crippen molar-refractivity contribution in [1.29, 1.82) is 0 Å². The minimum absolute atomic E-state index is 0.167. The lowest BCUT2D eigenvalue weighted by molar-refractivity contribution is 0.337. The average molecular weight is 286 g/mol. The summed E-state index contributed by atoms with van der Waals surface area (Å²) >= 11 is 0. The molecule has 1 heterocycles. The lowest BCUT2D eigenvalue weighted by Gasteiger charge is -2.27. The number of aromatic hydroxyl groups is 2. The zero-order chi connectivity index (χ0) is 15.5. The number of ether oxygens (including phenoxy) is 2. The Balaban J connectivity index is 2.27. The zero-order valence-corrected chi connectivity index (χ0v) is 12.8. The average Bonchev–Trinajstić information content (AvgIpc) is 2.47. The van der Waals surface area contributed by atoms with E-state index in [1.807, 2.05) is 26.8 Å². The fourth-order valence-corrected chi connectivity index (χ4v) is 2.59. The summed E-state index contributed by atoms with van der Waals surface area (Å²) in [5.74, 6) is 1.88. The predicted molar refractivity (Wildman–Crippen MR) is 80.0 cm³/mol. The van der Waals surface area contributed by atoms with Crippen molar-refractivity contribution >= 4 is 0 Å². The van der Waals surface area contributed by atoms with Crippen LogP contribution >= 0.6 is 0 Å². The Labute approximate surface area is 123 Å². The second-order valence-electron chi connectivity index (χ2n) is 5.58. The van der Waals surface area contributed by atoms with Gasteiger partial charge in [-0.3, -0.25) is 0 Å². The van der Waals surface area contributed by atoms with E-state index in [9.17, 15) is 10.2 Å². The molecule has 2 N–H and O–H groups in total. The van der Waals surface area contributed by atoms with Gasteiger partial charge in [0.15, 0.2) is 34.5 Å². The standard InChI is InChI=1S/C17H18O4/c1-7-6-12-15(9(3)8(7)2)21-17-11(5)14(19)13(18)10(4)16(17)20-12/h6,18-19H,1-5H3. The molecule has 0 atom stereocenters. The van der Waals surface area contributed by atoms with E-state index >= 15 is 0 Å². The molecule has 0 radical (unpaired) electrons. The third-order valence-electron chi connectivity index (χ3n) is 4.30. The maximum Gasteiger partial charge on any atom is 0.177 e. The van der Waals surface area contributed by atoms with Crippen LogP contribution in [0.1, 0.15) is 27.8 Å². The first-order valence-corrected chi connectivity index (χ1v) is 6.84.